The fourth-order valence-electron chi connectivity index (χ4n) is 0.485. The molecule has 0 unspecified atom stereocenters. The molecule has 6 heteroatoms. The lowest BCUT2D eigenvalue weighted by Crippen LogP contribution is -2.32. The van der Waals surface area contributed by atoms with Gasteiger partial charge in [0, 0.05) is 5.41 Å². The minimum Gasteiger partial charge on any atom is -0.450 e. The van der Waals surface area contributed by atoms with Crippen molar-refractivity contribution in [3.05, 3.63) is 0 Å². The average Bonchev–Trinajstić information content (AvgIpc) is 2.09. The summed E-state index contributed by atoms with van der Waals surface area (Å²) in [7, 11) is 0. The Hall–Kier alpha value is -0.850. The van der Waals surface area contributed by atoms with Gasteiger partial charge in [-0.1, -0.05) is 6.92 Å². The van der Waals surface area contributed by atoms with E-state index in [1.54, 1.807) is 0 Å². The van der Waals surface area contributed by atoms with Crippen LogP contribution < -0.4 is 0 Å². The van der Waals surface area contributed by atoms with Gasteiger partial charge in [0.2, 0.25) is 0 Å². The predicted octanol–water partition coefficient (Wildman–Crippen LogP) is -0.418. The topological polar surface area (TPSA) is 118 Å². The lowest BCUT2D eigenvalue weighted by atomic mass is 9.88. The molecule has 0 aliphatic carbocycles. The molecule has 0 aliphatic rings. The number of hydrogen-bond acceptors (Lipinski definition) is 4. The van der Waals surface area contributed by atoms with Crippen LogP contribution in [-0.4, -0.2) is 51.5 Å². The molecule has 0 bridgehead atoms. The zero-order chi connectivity index (χ0) is 10.9. The summed E-state index contributed by atoms with van der Waals surface area (Å²) in [5, 5.41) is 39.9. The van der Waals surface area contributed by atoms with Crippen molar-refractivity contribution in [3.63, 3.8) is 0 Å². The number of hydrogen-bond donors (Lipinski definition) is 5. The molecular weight excluding hydrogens is 180 g/mol. The third-order valence-electron chi connectivity index (χ3n) is 1.76. The van der Waals surface area contributed by atoms with Gasteiger partial charge in [-0.05, 0) is 6.42 Å². The molecule has 13 heavy (non-hydrogen) atoms. The zero-order valence-electron chi connectivity index (χ0n) is 7.47. The van der Waals surface area contributed by atoms with E-state index in [1.807, 2.05) is 6.92 Å². The van der Waals surface area contributed by atoms with Crippen molar-refractivity contribution in [1.82, 2.24) is 0 Å². The fraction of sp³-hybridized carbons (Fsp3) is 0.857. The van der Waals surface area contributed by atoms with E-state index in [0.29, 0.717) is 6.42 Å². The van der Waals surface area contributed by atoms with Crippen LogP contribution in [-0.2, 0) is 0 Å². The first kappa shape index (κ1) is 14.7. The van der Waals surface area contributed by atoms with Crippen molar-refractivity contribution in [2.45, 2.75) is 13.3 Å². The van der Waals surface area contributed by atoms with Crippen molar-refractivity contribution in [1.29, 1.82) is 0 Å². The first-order chi connectivity index (χ1) is 5.97. The standard InChI is InChI=1S/C6H14O3.CH2O3/c1-2-6(3-7,4-8)5-9;2-1(3)4/h7-9H,2-5H2,1H3;(H2,2,3,4). The van der Waals surface area contributed by atoms with Gasteiger partial charge >= 0.3 is 6.16 Å². The van der Waals surface area contributed by atoms with Crippen LogP contribution in [0.3, 0.4) is 0 Å². The van der Waals surface area contributed by atoms with Gasteiger partial charge in [0.15, 0.2) is 0 Å². The lowest BCUT2D eigenvalue weighted by molar-refractivity contribution is 0.00304. The summed E-state index contributed by atoms with van der Waals surface area (Å²) in [5.74, 6) is 0. The number of aliphatic hydroxyl groups excluding tert-OH is 3. The minimum atomic E-state index is -1.83. The Morgan fingerprint density at radius 3 is 1.31 bits per heavy atom. The van der Waals surface area contributed by atoms with Crippen molar-refractivity contribution in [3.8, 4) is 0 Å². The van der Waals surface area contributed by atoms with E-state index < -0.39 is 11.6 Å². The van der Waals surface area contributed by atoms with Gasteiger partial charge in [-0.15, -0.1) is 0 Å². The molecule has 0 aromatic rings. The van der Waals surface area contributed by atoms with Crippen LogP contribution in [0.5, 0.6) is 0 Å². The van der Waals surface area contributed by atoms with Crippen molar-refractivity contribution < 1.29 is 30.3 Å². The largest absolute Gasteiger partial charge is 0.503 e. The summed E-state index contributed by atoms with van der Waals surface area (Å²) < 4.78 is 0. The first-order valence-electron chi connectivity index (χ1n) is 3.72. The SMILES string of the molecule is CCC(CO)(CO)CO.O=C(O)O. The number of carbonyl (C=O) groups is 1. The third kappa shape index (κ3) is 7.51. The summed E-state index contributed by atoms with van der Waals surface area (Å²) in [4.78, 5) is 8.56. The van der Waals surface area contributed by atoms with E-state index in [1.165, 1.54) is 0 Å². The summed E-state index contributed by atoms with van der Waals surface area (Å²) >= 11 is 0. The normalized spacial score (nSPS) is 10.2. The molecular formula is C7H16O6. The van der Waals surface area contributed by atoms with Crippen LogP contribution in [0.15, 0.2) is 0 Å². The van der Waals surface area contributed by atoms with E-state index in [9.17, 15) is 0 Å². The van der Waals surface area contributed by atoms with Crippen LogP contribution in [0.1, 0.15) is 13.3 Å². The Bertz CT molecular complexity index is 109. The monoisotopic (exact) mass is 196 g/mol. The molecule has 0 atom stereocenters. The van der Waals surface area contributed by atoms with Crippen LogP contribution in [0, 0.1) is 5.41 Å². The molecule has 0 radical (unpaired) electrons. The zero-order valence-corrected chi connectivity index (χ0v) is 7.47. The molecule has 0 spiro atoms. The highest BCUT2D eigenvalue weighted by Crippen LogP contribution is 2.18. The van der Waals surface area contributed by atoms with Gasteiger partial charge in [0.25, 0.3) is 0 Å². The maximum Gasteiger partial charge on any atom is 0.503 e. The highest BCUT2D eigenvalue weighted by atomic mass is 16.6. The second kappa shape index (κ2) is 7.78. The van der Waals surface area contributed by atoms with Crippen molar-refractivity contribution >= 4 is 6.16 Å². The molecule has 0 saturated carbocycles. The molecule has 0 heterocycles. The number of aliphatic hydroxyl groups is 3. The second-order valence-corrected chi connectivity index (χ2v) is 2.61. The first-order valence-corrected chi connectivity index (χ1v) is 3.72. The van der Waals surface area contributed by atoms with Gasteiger partial charge in [0.1, 0.15) is 0 Å². The van der Waals surface area contributed by atoms with Gasteiger partial charge in [-0.2, -0.15) is 0 Å². The van der Waals surface area contributed by atoms with Gasteiger partial charge in [0.05, 0.1) is 19.8 Å². The summed E-state index contributed by atoms with van der Waals surface area (Å²) in [6.07, 6.45) is -1.24. The molecule has 0 fully saturated rings. The Balaban J connectivity index is 0. The van der Waals surface area contributed by atoms with Gasteiger partial charge in [-0.3, -0.25) is 0 Å². The maximum atomic E-state index is 8.66. The van der Waals surface area contributed by atoms with E-state index in [2.05, 4.69) is 0 Å². The lowest BCUT2D eigenvalue weighted by Gasteiger charge is -2.24. The summed E-state index contributed by atoms with van der Waals surface area (Å²) in [6, 6.07) is 0. The van der Waals surface area contributed by atoms with Crippen LogP contribution in [0.4, 0.5) is 4.79 Å². The second-order valence-electron chi connectivity index (χ2n) is 2.61. The van der Waals surface area contributed by atoms with Gasteiger partial charge < -0.3 is 25.5 Å². The molecule has 5 N–H and O–H groups in total. The van der Waals surface area contributed by atoms with Crippen molar-refractivity contribution in [2.75, 3.05) is 19.8 Å². The minimum absolute atomic E-state index is 0.156. The Labute approximate surface area is 76.1 Å². The molecule has 6 nitrogen and oxygen atoms in total. The van der Waals surface area contributed by atoms with Crippen LogP contribution in [0.25, 0.3) is 0 Å². The van der Waals surface area contributed by atoms with Gasteiger partial charge in [-0.25, -0.2) is 4.79 Å². The van der Waals surface area contributed by atoms with Crippen LogP contribution >= 0.6 is 0 Å². The van der Waals surface area contributed by atoms with E-state index in [-0.39, 0.29) is 19.8 Å². The average molecular weight is 196 g/mol. The van der Waals surface area contributed by atoms with E-state index >= 15 is 0 Å². The summed E-state index contributed by atoms with van der Waals surface area (Å²) in [6.45, 7) is 1.35. The quantitative estimate of drug-likeness (QED) is 0.417. The smallest absolute Gasteiger partial charge is 0.450 e. The Morgan fingerprint density at radius 1 is 1.08 bits per heavy atom. The van der Waals surface area contributed by atoms with E-state index in [0.717, 1.165) is 0 Å². The molecule has 0 aromatic heterocycles. The molecule has 0 rings (SSSR count). The molecule has 0 aromatic carbocycles. The molecule has 0 saturated heterocycles. The maximum absolute atomic E-state index is 8.66. The van der Waals surface area contributed by atoms with Crippen LogP contribution in [0.2, 0.25) is 0 Å². The Morgan fingerprint density at radius 2 is 1.31 bits per heavy atom. The predicted molar refractivity (Wildman–Crippen MR) is 44.6 cm³/mol. The van der Waals surface area contributed by atoms with E-state index in [4.69, 9.17) is 30.3 Å². The number of carboxylic acid groups (broad SMARTS) is 2. The summed E-state index contributed by atoms with van der Waals surface area (Å²) in [5.41, 5.74) is -0.667. The van der Waals surface area contributed by atoms with Crippen molar-refractivity contribution in [2.24, 2.45) is 5.41 Å². The molecule has 0 aliphatic heterocycles. The highest BCUT2D eigenvalue weighted by molar-refractivity contribution is 5.53. The number of rotatable bonds is 4. The fourth-order valence-corrected chi connectivity index (χ4v) is 0.485. The highest BCUT2D eigenvalue weighted by Gasteiger charge is 2.24. The molecule has 0 amide bonds. The Kier molecular flexibility index (Phi) is 8.78. The molecule has 80 valence electrons. The third-order valence-corrected chi connectivity index (χ3v) is 1.76.